The molecule has 1 heterocycles. The van der Waals surface area contributed by atoms with Crippen LogP contribution in [0.25, 0.3) is 0 Å². The zero-order valence-electron chi connectivity index (χ0n) is 16.2. The molecule has 1 atom stereocenters. The Morgan fingerprint density at radius 1 is 1.07 bits per heavy atom. The van der Waals surface area contributed by atoms with Gasteiger partial charge in [0, 0.05) is 44.5 Å². The van der Waals surface area contributed by atoms with Gasteiger partial charge in [0.2, 0.25) is 0 Å². The molecule has 0 radical (unpaired) electrons. The van der Waals surface area contributed by atoms with E-state index in [0.29, 0.717) is 6.54 Å². The molecule has 1 saturated heterocycles. The van der Waals surface area contributed by atoms with Gasteiger partial charge in [-0.1, -0.05) is 24.3 Å². The van der Waals surface area contributed by atoms with Gasteiger partial charge in [0.15, 0.2) is 0 Å². The minimum absolute atomic E-state index is 0.152. The van der Waals surface area contributed by atoms with E-state index < -0.39 is 17.6 Å². The van der Waals surface area contributed by atoms with Crippen molar-refractivity contribution in [1.82, 2.24) is 4.90 Å². The van der Waals surface area contributed by atoms with Crippen molar-refractivity contribution in [2.24, 2.45) is 5.73 Å². The van der Waals surface area contributed by atoms with Crippen molar-refractivity contribution in [2.75, 3.05) is 42.9 Å². The molecule has 29 heavy (non-hydrogen) atoms. The minimum atomic E-state index is -4.57. The van der Waals surface area contributed by atoms with Crippen molar-refractivity contribution in [2.45, 2.75) is 19.1 Å². The lowest BCUT2D eigenvalue weighted by atomic mass is 10.0. The summed E-state index contributed by atoms with van der Waals surface area (Å²) >= 11 is 0. The summed E-state index contributed by atoms with van der Waals surface area (Å²) in [5.74, 6) is -0.887. The van der Waals surface area contributed by atoms with Crippen molar-refractivity contribution in [3.63, 3.8) is 0 Å². The highest BCUT2D eigenvalue weighted by molar-refractivity contribution is 5.99. The summed E-state index contributed by atoms with van der Waals surface area (Å²) in [5.41, 5.74) is 5.19. The number of para-hydroxylation sites is 2. The lowest BCUT2D eigenvalue weighted by Gasteiger charge is -2.37. The van der Waals surface area contributed by atoms with Crippen molar-refractivity contribution in [1.29, 1.82) is 0 Å². The summed E-state index contributed by atoms with van der Waals surface area (Å²) < 4.78 is 40.2. The SMILES string of the molecule is CC(CN1CCN(c2ccccc2)CC1)Nc1c(C(N)=O)cccc1C(F)(F)F. The van der Waals surface area contributed by atoms with E-state index >= 15 is 0 Å². The average molecular weight is 406 g/mol. The number of anilines is 2. The average Bonchev–Trinajstić information content (AvgIpc) is 2.68. The van der Waals surface area contributed by atoms with Crippen LogP contribution in [0.1, 0.15) is 22.8 Å². The van der Waals surface area contributed by atoms with Gasteiger partial charge >= 0.3 is 6.18 Å². The molecule has 0 aliphatic carbocycles. The lowest BCUT2D eigenvalue weighted by molar-refractivity contribution is -0.137. The first-order chi connectivity index (χ1) is 13.8. The number of piperazine rings is 1. The Morgan fingerprint density at radius 3 is 2.31 bits per heavy atom. The quantitative estimate of drug-likeness (QED) is 0.772. The maximum atomic E-state index is 13.4. The molecule has 2 aromatic carbocycles. The molecule has 1 amide bonds. The number of amides is 1. The second-order valence-electron chi connectivity index (χ2n) is 7.26. The molecule has 1 unspecified atom stereocenters. The predicted octanol–water partition coefficient (Wildman–Crippen LogP) is 3.43. The van der Waals surface area contributed by atoms with Gasteiger partial charge in [-0.15, -0.1) is 0 Å². The van der Waals surface area contributed by atoms with Crippen LogP contribution in [0.3, 0.4) is 0 Å². The largest absolute Gasteiger partial charge is 0.418 e. The molecule has 1 aliphatic heterocycles. The number of nitrogens with zero attached hydrogens (tertiary/aromatic N) is 2. The lowest BCUT2D eigenvalue weighted by Crippen LogP contribution is -2.49. The molecule has 0 spiro atoms. The van der Waals surface area contributed by atoms with Crippen LogP contribution < -0.4 is 16.0 Å². The van der Waals surface area contributed by atoms with Gasteiger partial charge in [-0.2, -0.15) is 13.2 Å². The summed E-state index contributed by atoms with van der Waals surface area (Å²) in [6.07, 6.45) is -4.57. The van der Waals surface area contributed by atoms with Crippen LogP contribution in [0.2, 0.25) is 0 Å². The number of nitrogens with one attached hydrogen (secondary N) is 1. The Balaban J connectivity index is 1.64. The summed E-state index contributed by atoms with van der Waals surface area (Å²) in [6, 6.07) is 13.3. The molecule has 0 saturated carbocycles. The third kappa shape index (κ3) is 5.20. The first kappa shape index (κ1) is 21.0. The van der Waals surface area contributed by atoms with E-state index in [-0.39, 0.29) is 17.3 Å². The standard InChI is InChI=1S/C21H25F3N4O/c1-15(14-27-10-12-28(13-11-27)16-6-3-2-4-7-16)26-19-17(20(25)29)8-5-9-18(19)21(22,23)24/h2-9,15,26H,10-14H2,1H3,(H2,25,29). The third-order valence-electron chi connectivity index (χ3n) is 5.05. The van der Waals surface area contributed by atoms with Crippen LogP contribution in [-0.2, 0) is 6.18 Å². The molecular formula is C21H25F3N4O. The summed E-state index contributed by atoms with van der Waals surface area (Å²) in [6.45, 7) is 5.69. The van der Waals surface area contributed by atoms with E-state index in [0.717, 1.165) is 32.2 Å². The predicted molar refractivity (Wildman–Crippen MR) is 108 cm³/mol. The highest BCUT2D eigenvalue weighted by Crippen LogP contribution is 2.37. The topological polar surface area (TPSA) is 61.6 Å². The number of halogens is 3. The van der Waals surface area contributed by atoms with Gasteiger partial charge in [0.05, 0.1) is 16.8 Å². The molecular weight excluding hydrogens is 381 g/mol. The molecule has 1 aliphatic rings. The molecule has 0 aromatic heterocycles. The Morgan fingerprint density at radius 2 is 1.72 bits per heavy atom. The molecule has 8 heteroatoms. The van der Waals surface area contributed by atoms with Crippen LogP contribution in [0, 0.1) is 0 Å². The Hall–Kier alpha value is -2.74. The van der Waals surface area contributed by atoms with E-state index in [2.05, 4.69) is 27.2 Å². The minimum Gasteiger partial charge on any atom is -0.380 e. The molecule has 3 N–H and O–H groups in total. The second-order valence-corrected chi connectivity index (χ2v) is 7.26. The molecule has 2 aromatic rings. The van der Waals surface area contributed by atoms with Crippen molar-refractivity contribution >= 4 is 17.3 Å². The van der Waals surface area contributed by atoms with Gasteiger partial charge in [-0.3, -0.25) is 9.69 Å². The van der Waals surface area contributed by atoms with Gasteiger partial charge in [-0.25, -0.2) is 0 Å². The Bertz CT molecular complexity index is 834. The number of benzene rings is 2. The number of nitrogens with two attached hydrogens (primary N) is 1. The van der Waals surface area contributed by atoms with Crippen molar-refractivity contribution < 1.29 is 18.0 Å². The van der Waals surface area contributed by atoms with Crippen LogP contribution in [0.4, 0.5) is 24.5 Å². The number of hydrogen-bond donors (Lipinski definition) is 2. The van der Waals surface area contributed by atoms with Gasteiger partial charge in [0.25, 0.3) is 5.91 Å². The first-order valence-electron chi connectivity index (χ1n) is 9.54. The van der Waals surface area contributed by atoms with Crippen LogP contribution in [0.5, 0.6) is 0 Å². The van der Waals surface area contributed by atoms with Gasteiger partial charge < -0.3 is 16.0 Å². The number of rotatable bonds is 6. The molecule has 0 bridgehead atoms. The summed E-state index contributed by atoms with van der Waals surface area (Å²) in [4.78, 5) is 16.1. The monoisotopic (exact) mass is 406 g/mol. The highest BCUT2D eigenvalue weighted by Gasteiger charge is 2.35. The van der Waals surface area contributed by atoms with Crippen LogP contribution in [0.15, 0.2) is 48.5 Å². The molecule has 156 valence electrons. The van der Waals surface area contributed by atoms with E-state index in [1.54, 1.807) is 0 Å². The fraction of sp³-hybridized carbons (Fsp3) is 0.381. The molecule has 5 nitrogen and oxygen atoms in total. The number of primary amides is 1. The number of carbonyl (C=O) groups is 1. The summed E-state index contributed by atoms with van der Waals surface area (Å²) in [5, 5.41) is 2.88. The van der Waals surface area contributed by atoms with E-state index in [1.807, 2.05) is 25.1 Å². The third-order valence-corrected chi connectivity index (χ3v) is 5.05. The van der Waals surface area contributed by atoms with Crippen molar-refractivity contribution in [3.05, 3.63) is 59.7 Å². The Labute approximate surface area is 168 Å². The van der Waals surface area contributed by atoms with Crippen LogP contribution in [-0.4, -0.2) is 49.6 Å². The second kappa shape index (κ2) is 8.73. The normalized spacial score (nSPS) is 16.5. The number of alkyl halides is 3. The summed E-state index contributed by atoms with van der Waals surface area (Å²) in [7, 11) is 0. The fourth-order valence-corrected chi connectivity index (χ4v) is 3.66. The van der Waals surface area contributed by atoms with E-state index in [9.17, 15) is 18.0 Å². The molecule has 3 rings (SSSR count). The van der Waals surface area contributed by atoms with E-state index in [4.69, 9.17) is 5.73 Å². The smallest absolute Gasteiger partial charge is 0.380 e. The first-order valence-corrected chi connectivity index (χ1v) is 9.54. The van der Waals surface area contributed by atoms with Gasteiger partial charge in [-0.05, 0) is 31.2 Å². The highest BCUT2D eigenvalue weighted by atomic mass is 19.4. The maximum absolute atomic E-state index is 13.4. The zero-order valence-corrected chi connectivity index (χ0v) is 16.2. The van der Waals surface area contributed by atoms with Crippen LogP contribution >= 0.6 is 0 Å². The molecule has 1 fully saturated rings. The fourth-order valence-electron chi connectivity index (χ4n) is 3.66. The van der Waals surface area contributed by atoms with E-state index in [1.165, 1.54) is 17.8 Å². The van der Waals surface area contributed by atoms with Crippen molar-refractivity contribution in [3.8, 4) is 0 Å². The zero-order chi connectivity index (χ0) is 21.0. The number of carbonyl (C=O) groups excluding carboxylic acids is 1. The van der Waals surface area contributed by atoms with Gasteiger partial charge in [0.1, 0.15) is 0 Å². The number of hydrogen-bond acceptors (Lipinski definition) is 4. The Kier molecular flexibility index (Phi) is 6.32. The maximum Gasteiger partial charge on any atom is 0.418 e.